The second kappa shape index (κ2) is 5.48. The van der Waals surface area contributed by atoms with Gasteiger partial charge in [-0.25, -0.2) is 9.50 Å². The van der Waals surface area contributed by atoms with Crippen molar-refractivity contribution in [2.75, 3.05) is 12.4 Å². The maximum Gasteiger partial charge on any atom is 0.261 e. The summed E-state index contributed by atoms with van der Waals surface area (Å²) in [7, 11) is 1.59. The minimum absolute atomic E-state index is 0.267. The number of aryl methyl sites for hydroxylation is 2. The highest BCUT2D eigenvalue weighted by Crippen LogP contribution is 2.30. The zero-order valence-corrected chi connectivity index (χ0v) is 12.6. The summed E-state index contributed by atoms with van der Waals surface area (Å²) in [5, 5.41) is 7.00. The van der Waals surface area contributed by atoms with Crippen molar-refractivity contribution in [3.63, 3.8) is 0 Å². The van der Waals surface area contributed by atoms with Crippen molar-refractivity contribution >= 4 is 17.2 Å². The lowest BCUT2D eigenvalue weighted by molar-refractivity contribution is 0.102. The predicted octanol–water partition coefficient (Wildman–Crippen LogP) is 2.61. The molecule has 0 saturated heterocycles. The average molecular weight is 296 g/mol. The van der Waals surface area contributed by atoms with Crippen LogP contribution in [0.1, 0.15) is 21.5 Å². The number of carbonyl (C=O) groups excluding carboxylic acids is 1. The first-order chi connectivity index (χ1) is 10.6. The minimum Gasteiger partial charge on any atom is -0.494 e. The molecule has 1 amide bonds. The first-order valence-corrected chi connectivity index (χ1v) is 6.85. The summed E-state index contributed by atoms with van der Waals surface area (Å²) in [5.74, 6) is 0.389. The predicted molar refractivity (Wildman–Crippen MR) is 83.4 cm³/mol. The topological polar surface area (TPSA) is 68.5 Å². The van der Waals surface area contributed by atoms with Crippen LogP contribution in [0, 0.1) is 13.8 Å². The summed E-state index contributed by atoms with van der Waals surface area (Å²) >= 11 is 0. The number of benzene rings is 1. The summed E-state index contributed by atoms with van der Waals surface area (Å²) in [5.41, 5.74) is 3.59. The smallest absolute Gasteiger partial charge is 0.261 e. The van der Waals surface area contributed by atoms with E-state index in [9.17, 15) is 4.79 Å². The summed E-state index contributed by atoms with van der Waals surface area (Å²) in [4.78, 5) is 16.7. The van der Waals surface area contributed by atoms with Crippen molar-refractivity contribution in [2.24, 2.45) is 0 Å². The molecule has 0 bridgehead atoms. The molecule has 2 aromatic heterocycles. The number of fused-ring (bicyclic) bond motifs is 1. The number of hydrogen-bond donors (Lipinski definition) is 1. The number of aromatic nitrogens is 3. The van der Waals surface area contributed by atoms with E-state index in [4.69, 9.17) is 4.74 Å². The van der Waals surface area contributed by atoms with E-state index in [-0.39, 0.29) is 5.91 Å². The summed E-state index contributed by atoms with van der Waals surface area (Å²) in [6.45, 7) is 3.91. The SMILES string of the molecule is COc1c(C)cc(C)cc1NC(=O)c1cnn2cccnc12. The van der Waals surface area contributed by atoms with Crippen LogP contribution in [-0.4, -0.2) is 27.6 Å². The number of rotatable bonds is 3. The summed E-state index contributed by atoms with van der Waals surface area (Å²) in [6.07, 6.45) is 4.88. The van der Waals surface area contributed by atoms with Crippen LogP contribution in [-0.2, 0) is 0 Å². The second-order valence-electron chi connectivity index (χ2n) is 5.06. The molecule has 0 radical (unpaired) electrons. The van der Waals surface area contributed by atoms with Gasteiger partial charge in [-0.1, -0.05) is 6.07 Å². The molecule has 3 rings (SSSR count). The van der Waals surface area contributed by atoms with Crippen LogP contribution in [0.3, 0.4) is 0 Å². The number of nitrogens with one attached hydrogen (secondary N) is 1. The summed E-state index contributed by atoms with van der Waals surface area (Å²) < 4.78 is 6.95. The van der Waals surface area contributed by atoms with Gasteiger partial charge in [0, 0.05) is 12.4 Å². The lowest BCUT2D eigenvalue weighted by Gasteiger charge is -2.13. The van der Waals surface area contributed by atoms with E-state index in [1.807, 2.05) is 26.0 Å². The van der Waals surface area contributed by atoms with Gasteiger partial charge in [0.2, 0.25) is 0 Å². The largest absolute Gasteiger partial charge is 0.494 e. The summed E-state index contributed by atoms with van der Waals surface area (Å²) in [6, 6.07) is 5.64. The molecule has 0 aliphatic carbocycles. The molecule has 0 spiro atoms. The van der Waals surface area contributed by atoms with Crippen molar-refractivity contribution in [3.05, 3.63) is 53.5 Å². The minimum atomic E-state index is -0.267. The molecule has 6 nitrogen and oxygen atoms in total. The third-order valence-corrected chi connectivity index (χ3v) is 3.40. The fourth-order valence-electron chi connectivity index (χ4n) is 2.50. The Morgan fingerprint density at radius 1 is 1.32 bits per heavy atom. The molecule has 0 atom stereocenters. The van der Waals surface area contributed by atoms with Crippen molar-refractivity contribution in [3.8, 4) is 5.75 Å². The molecule has 0 fully saturated rings. The van der Waals surface area contributed by atoms with E-state index >= 15 is 0 Å². The van der Waals surface area contributed by atoms with Gasteiger partial charge in [0.1, 0.15) is 11.3 Å². The Hall–Kier alpha value is -2.89. The molecule has 2 heterocycles. The zero-order chi connectivity index (χ0) is 15.7. The zero-order valence-electron chi connectivity index (χ0n) is 12.6. The van der Waals surface area contributed by atoms with Crippen molar-refractivity contribution in [1.82, 2.24) is 14.6 Å². The number of anilines is 1. The van der Waals surface area contributed by atoms with Crippen LogP contribution in [0.15, 0.2) is 36.8 Å². The van der Waals surface area contributed by atoms with Crippen LogP contribution in [0.5, 0.6) is 5.75 Å². The Balaban J connectivity index is 1.98. The molecule has 112 valence electrons. The van der Waals surface area contributed by atoms with Gasteiger partial charge >= 0.3 is 0 Å². The standard InChI is InChI=1S/C16H16N4O2/c1-10-7-11(2)14(22-3)13(8-10)19-16(21)12-9-18-20-6-4-5-17-15(12)20/h4-9H,1-3H3,(H,19,21). The first kappa shape index (κ1) is 14.1. The van der Waals surface area contributed by atoms with E-state index in [0.29, 0.717) is 22.6 Å². The Bertz CT molecular complexity index is 854. The number of hydrogen-bond acceptors (Lipinski definition) is 4. The second-order valence-corrected chi connectivity index (χ2v) is 5.06. The highest BCUT2D eigenvalue weighted by atomic mass is 16.5. The number of ether oxygens (including phenoxy) is 1. The molecule has 6 heteroatoms. The Morgan fingerprint density at radius 3 is 2.91 bits per heavy atom. The van der Waals surface area contributed by atoms with E-state index in [1.165, 1.54) is 6.20 Å². The third-order valence-electron chi connectivity index (χ3n) is 3.40. The molecule has 0 aliphatic heterocycles. The number of nitrogens with zero attached hydrogens (tertiary/aromatic N) is 3. The van der Waals surface area contributed by atoms with Crippen LogP contribution >= 0.6 is 0 Å². The van der Waals surface area contributed by atoms with Crippen molar-refractivity contribution in [2.45, 2.75) is 13.8 Å². The molecule has 0 unspecified atom stereocenters. The first-order valence-electron chi connectivity index (χ1n) is 6.85. The fraction of sp³-hybridized carbons (Fsp3) is 0.188. The Morgan fingerprint density at radius 2 is 2.14 bits per heavy atom. The molecular formula is C16H16N4O2. The van der Waals surface area contributed by atoms with Crippen LogP contribution in [0.25, 0.3) is 5.65 Å². The lowest BCUT2D eigenvalue weighted by atomic mass is 10.1. The quantitative estimate of drug-likeness (QED) is 0.806. The van der Waals surface area contributed by atoms with Crippen LogP contribution in [0.2, 0.25) is 0 Å². The Labute approximate surface area is 127 Å². The highest BCUT2D eigenvalue weighted by molar-refractivity contribution is 6.08. The highest BCUT2D eigenvalue weighted by Gasteiger charge is 2.16. The Kier molecular flexibility index (Phi) is 3.50. The average Bonchev–Trinajstić information content (AvgIpc) is 2.90. The van der Waals surface area contributed by atoms with Crippen LogP contribution in [0.4, 0.5) is 5.69 Å². The molecule has 0 saturated carbocycles. The number of amides is 1. The number of methoxy groups -OCH3 is 1. The molecule has 1 N–H and O–H groups in total. The molecular weight excluding hydrogens is 280 g/mol. The van der Waals surface area contributed by atoms with Crippen molar-refractivity contribution < 1.29 is 9.53 Å². The molecule has 3 aromatic rings. The van der Waals surface area contributed by atoms with Gasteiger partial charge in [0.25, 0.3) is 5.91 Å². The maximum atomic E-state index is 12.5. The van der Waals surface area contributed by atoms with Crippen LogP contribution < -0.4 is 10.1 Å². The van der Waals surface area contributed by atoms with Gasteiger partial charge in [0.05, 0.1) is 19.0 Å². The van der Waals surface area contributed by atoms with E-state index in [2.05, 4.69) is 15.4 Å². The van der Waals surface area contributed by atoms with E-state index < -0.39 is 0 Å². The molecule has 22 heavy (non-hydrogen) atoms. The number of carbonyl (C=O) groups is 1. The van der Waals surface area contributed by atoms with Gasteiger partial charge in [-0.3, -0.25) is 4.79 Å². The maximum absolute atomic E-state index is 12.5. The molecule has 1 aromatic carbocycles. The van der Waals surface area contributed by atoms with Gasteiger partial charge in [-0.2, -0.15) is 5.10 Å². The van der Waals surface area contributed by atoms with Gasteiger partial charge in [-0.05, 0) is 37.1 Å². The lowest BCUT2D eigenvalue weighted by Crippen LogP contribution is -2.13. The normalized spacial score (nSPS) is 10.7. The van der Waals surface area contributed by atoms with Gasteiger partial charge in [0.15, 0.2) is 5.65 Å². The van der Waals surface area contributed by atoms with Crippen molar-refractivity contribution in [1.29, 1.82) is 0 Å². The molecule has 0 aliphatic rings. The van der Waals surface area contributed by atoms with E-state index in [1.54, 1.807) is 30.1 Å². The third kappa shape index (κ3) is 2.39. The fourth-order valence-corrected chi connectivity index (χ4v) is 2.50. The van der Waals surface area contributed by atoms with E-state index in [0.717, 1.165) is 11.1 Å². The van der Waals surface area contributed by atoms with Gasteiger partial charge in [-0.15, -0.1) is 0 Å². The van der Waals surface area contributed by atoms with Gasteiger partial charge < -0.3 is 10.1 Å². The monoisotopic (exact) mass is 296 g/mol.